The van der Waals surface area contributed by atoms with Gasteiger partial charge in [-0.05, 0) is 50.1 Å². The monoisotopic (exact) mass is 460 g/mol. The van der Waals surface area contributed by atoms with Crippen LogP contribution in [0.15, 0.2) is 48.5 Å². The zero-order valence-electron chi connectivity index (χ0n) is 18.2. The minimum Gasteiger partial charge on any atom is -0.750 e. The predicted octanol–water partition coefficient (Wildman–Crippen LogP) is 2.95. The quantitative estimate of drug-likeness (QED) is 0.440. The fourth-order valence-electron chi connectivity index (χ4n) is 3.97. The summed E-state index contributed by atoms with van der Waals surface area (Å²) in [7, 11) is 1.54. The van der Waals surface area contributed by atoms with Gasteiger partial charge in [0, 0.05) is 18.7 Å². The van der Waals surface area contributed by atoms with Gasteiger partial charge in [0.05, 0.1) is 25.1 Å². The molecular formula is C23H26NO7S-. The zero-order chi connectivity index (χ0) is 23.3. The van der Waals surface area contributed by atoms with Crippen LogP contribution in [0.2, 0.25) is 0 Å². The number of amides is 1. The van der Waals surface area contributed by atoms with Gasteiger partial charge in [-0.25, -0.2) is 4.21 Å². The number of benzene rings is 2. The summed E-state index contributed by atoms with van der Waals surface area (Å²) < 4.78 is 38.8. The molecule has 1 aliphatic rings. The molecule has 9 heteroatoms. The summed E-state index contributed by atoms with van der Waals surface area (Å²) in [6.07, 6.45) is -0.933. The van der Waals surface area contributed by atoms with Gasteiger partial charge in [0.2, 0.25) is 0 Å². The molecule has 0 bridgehead atoms. The van der Waals surface area contributed by atoms with Crippen LogP contribution >= 0.6 is 0 Å². The molecule has 1 amide bonds. The van der Waals surface area contributed by atoms with Gasteiger partial charge in [-0.15, -0.1) is 0 Å². The van der Waals surface area contributed by atoms with Crippen molar-refractivity contribution in [1.82, 2.24) is 4.90 Å². The Morgan fingerprint density at radius 2 is 1.81 bits per heavy atom. The Hall–Kier alpha value is -2.75. The number of likely N-dealkylation sites (tertiary alicyclic amines) is 1. The fourth-order valence-corrected chi connectivity index (χ4v) is 4.42. The van der Waals surface area contributed by atoms with E-state index in [-0.39, 0.29) is 32.0 Å². The van der Waals surface area contributed by atoms with Crippen molar-refractivity contribution in [2.24, 2.45) is 5.41 Å². The van der Waals surface area contributed by atoms with Crippen LogP contribution in [-0.2, 0) is 25.1 Å². The van der Waals surface area contributed by atoms with Gasteiger partial charge < -0.3 is 18.9 Å². The lowest BCUT2D eigenvalue weighted by Gasteiger charge is -2.35. The molecule has 0 aliphatic carbocycles. The first-order valence-corrected chi connectivity index (χ1v) is 11.2. The van der Waals surface area contributed by atoms with E-state index in [9.17, 15) is 18.4 Å². The van der Waals surface area contributed by atoms with Gasteiger partial charge in [-0.1, -0.05) is 29.8 Å². The maximum Gasteiger partial charge on any atom is 0.317 e. The average Bonchev–Trinajstić information content (AvgIpc) is 3.24. The SMILES string of the molecule is CCOC(=O)C1(C(OS(=O)[O-])c2ccc(C)cc2)CCN(C(=O)c2ccc(OC)cc2)C1. The summed E-state index contributed by atoms with van der Waals surface area (Å²) in [5.74, 6) is -0.250. The number of ether oxygens (including phenoxy) is 2. The number of aryl methyl sites for hydroxylation is 1. The van der Waals surface area contributed by atoms with Gasteiger partial charge >= 0.3 is 5.97 Å². The minimum atomic E-state index is -2.88. The van der Waals surface area contributed by atoms with Crippen LogP contribution in [0.5, 0.6) is 5.75 Å². The van der Waals surface area contributed by atoms with Crippen molar-refractivity contribution in [3.63, 3.8) is 0 Å². The number of hydrogen-bond acceptors (Lipinski definition) is 7. The Labute approximate surface area is 190 Å². The minimum absolute atomic E-state index is 0.0353. The van der Waals surface area contributed by atoms with Crippen molar-refractivity contribution in [1.29, 1.82) is 0 Å². The normalized spacial score (nSPS) is 19.9. The molecule has 0 aromatic heterocycles. The van der Waals surface area contributed by atoms with Gasteiger partial charge in [-0.3, -0.25) is 13.8 Å². The molecule has 2 aromatic carbocycles. The van der Waals surface area contributed by atoms with E-state index in [0.717, 1.165) is 5.56 Å². The first kappa shape index (κ1) is 23.9. The molecule has 1 heterocycles. The molecule has 0 radical (unpaired) electrons. The van der Waals surface area contributed by atoms with Crippen molar-refractivity contribution < 1.29 is 32.0 Å². The second kappa shape index (κ2) is 10.2. The Morgan fingerprint density at radius 3 is 2.38 bits per heavy atom. The predicted molar refractivity (Wildman–Crippen MR) is 117 cm³/mol. The number of carbonyl (C=O) groups is 2. The Balaban J connectivity index is 1.97. The zero-order valence-corrected chi connectivity index (χ0v) is 19.1. The van der Waals surface area contributed by atoms with E-state index in [4.69, 9.17) is 13.7 Å². The summed E-state index contributed by atoms with van der Waals surface area (Å²) in [4.78, 5) is 27.8. The van der Waals surface area contributed by atoms with Crippen molar-refractivity contribution in [2.45, 2.75) is 26.4 Å². The lowest BCUT2D eigenvalue weighted by molar-refractivity contribution is -0.160. The summed E-state index contributed by atoms with van der Waals surface area (Å²) >= 11 is -2.88. The number of esters is 1. The summed E-state index contributed by atoms with van der Waals surface area (Å²) in [5, 5.41) is 0. The first-order valence-electron chi connectivity index (χ1n) is 10.2. The van der Waals surface area contributed by atoms with Crippen LogP contribution < -0.4 is 4.74 Å². The van der Waals surface area contributed by atoms with Crippen LogP contribution in [0.1, 0.15) is 40.9 Å². The molecule has 3 rings (SSSR count). The molecule has 1 saturated heterocycles. The van der Waals surface area contributed by atoms with E-state index in [1.807, 2.05) is 19.1 Å². The molecule has 8 nitrogen and oxygen atoms in total. The third-order valence-electron chi connectivity index (χ3n) is 5.66. The molecule has 1 fully saturated rings. The molecule has 0 saturated carbocycles. The van der Waals surface area contributed by atoms with Gasteiger partial charge in [0.1, 0.15) is 17.3 Å². The molecule has 2 aromatic rings. The van der Waals surface area contributed by atoms with Crippen molar-refractivity contribution in [3.05, 3.63) is 65.2 Å². The number of methoxy groups -OCH3 is 1. The molecule has 172 valence electrons. The summed E-state index contributed by atoms with van der Waals surface area (Å²) in [6.45, 7) is 3.91. The maximum absolute atomic E-state index is 13.2. The lowest BCUT2D eigenvalue weighted by atomic mass is 9.78. The van der Waals surface area contributed by atoms with Gasteiger partial charge in [0.25, 0.3) is 5.91 Å². The molecule has 0 spiro atoms. The highest BCUT2D eigenvalue weighted by molar-refractivity contribution is 7.74. The number of rotatable bonds is 8. The van der Waals surface area contributed by atoms with Crippen molar-refractivity contribution >= 4 is 23.2 Å². The standard InChI is InChI=1S/C23H27NO7S/c1-4-30-22(26)23(20(31-32(27)28)17-7-5-16(2)6-8-17)13-14-24(15-23)21(25)18-9-11-19(29-3)12-10-18/h5-12,20H,4,13-15H2,1-3H3,(H,27,28)/p-1. The average molecular weight is 461 g/mol. The molecular weight excluding hydrogens is 434 g/mol. The van der Waals surface area contributed by atoms with E-state index < -0.39 is 28.8 Å². The van der Waals surface area contributed by atoms with Crippen LogP contribution in [0, 0.1) is 12.3 Å². The third-order valence-corrected chi connectivity index (χ3v) is 6.01. The smallest absolute Gasteiger partial charge is 0.317 e. The number of carbonyl (C=O) groups excluding carboxylic acids is 2. The topological polar surface area (TPSA) is 105 Å². The summed E-state index contributed by atoms with van der Waals surface area (Å²) in [5.41, 5.74) is 0.564. The number of hydrogen-bond donors (Lipinski definition) is 0. The Kier molecular flexibility index (Phi) is 7.65. The van der Waals surface area contributed by atoms with Crippen LogP contribution in [0.3, 0.4) is 0 Å². The van der Waals surface area contributed by atoms with E-state index in [2.05, 4.69) is 0 Å². The van der Waals surface area contributed by atoms with Gasteiger partial charge in [0.15, 0.2) is 0 Å². The van der Waals surface area contributed by atoms with Crippen molar-refractivity contribution in [3.8, 4) is 5.75 Å². The van der Waals surface area contributed by atoms with E-state index >= 15 is 0 Å². The molecule has 3 unspecified atom stereocenters. The molecule has 1 aliphatic heterocycles. The molecule has 0 N–H and O–H groups in total. The van der Waals surface area contributed by atoms with Crippen LogP contribution in [0.4, 0.5) is 0 Å². The Bertz CT molecular complexity index is 977. The van der Waals surface area contributed by atoms with E-state index in [1.54, 1.807) is 43.3 Å². The van der Waals surface area contributed by atoms with Crippen LogP contribution in [0.25, 0.3) is 0 Å². The largest absolute Gasteiger partial charge is 0.750 e. The second-order valence-electron chi connectivity index (χ2n) is 7.67. The number of nitrogens with zero attached hydrogens (tertiary/aromatic N) is 1. The van der Waals surface area contributed by atoms with Crippen molar-refractivity contribution in [2.75, 3.05) is 26.8 Å². The third kappa shape index (κ3) is 5.01. The maximum atomic E-state index is 13.2. The Morgan fingerprint density at radius 1 is 1.16 bits per heavy atom. The summed E-state index contributed by atoms with van der Waals surface area (Å²) in [6, 6.07) is 13.7. The highest BCUT2D eigenvalue weighted by atomic mass is 32.2. The van der Waals surface area contributed by atoms with Gasteiger partial charge in [-0.2, -0.15) is 0 Å². The highest BCUT2D eigenvalue weighted by Crippen LogP contribution is 2.46. The highest BCUT2D eigenvalue weighted by Gasteiger charge is 2.54. The van der Waals surface area contributed by atoms with E-state index in [1.165, 1.54) is 12.0 Å². The second-order valence-corrected chi connectivity index (χ2v) is 8.27. The first-order chi connectivity index (χ1) is 15.3. The van der Waals surface area contributed by atoms with Crippen LogP contribution in [-0.4, -0.2) is 52.3 Å². The lowest BCUT2D eigenvalue weighted by Crippen LogP contribution is -2.43. The molecule has 3 atom stereocenters. The molecule has 32 heavy (non-hydrogen) atoms. The fraction of sp³-hybridized carbons (Fsp3) is 0.391. The van der Waals surface area contributed by atoms with E-state index in [0.29, 0.717) is 16.9 Å².